The van der Waals surface area contributed by atoms with E-state index in [0.717, 1.165) is 24.9 Å². The van der Waals surface area contributed by atoms with Gasteiger partial charge in [-0.2, -0.15) is 0 Å². The fourth-order valence-corrected chi connectivity index (χ4v) is 3.30. The average molecular weight is 326 g/mol. The number of amides is 1. The quantitative estimate of drug-likeness (QED) is 0.919. The highest BCUT2D eigenvalue weighted by molar-refractivity contribution is 5.87. The highest BCUT2D eigenvalue weighted by Crippen LogP contribution is 2.27. The van der Waals surface area contributed by atoms with Crippen molar-refractivity contribution in [3.05, 3.63) is 59.9 Å². The molecule has 1 aliphatic heterocycles. The number of aromatic nitrogens is 1. The number of benzene rings is 1. The van der Waals surface area contributed by atoms with E-state index in [1.165, 1.54) is 0 Å². The Morgan fingerprint density at radius 1 is 1.17 bits per heavy atom. The van der Waals surface area contributed by atoms with Crippen LogP contribution in [-0.2, 0) is 11.3 Å². The van der Waals surface area contributed by atoms with Crippen LogP contribution >= 0.6 is 0 Å². The molecule has 0 saturated carbocycles. The van der Waals surface area contributed by atoms with Crippen LogP contribution < -0.4 is 0 Å². The number of carboxylic acid groups (broad SMARTS) is 1. The Kier molecular flexibility index (Phi) is 4.99. The van der Waals surface area contributed by atoms with Gasteiger partial charge in [-0.3, -0.25) is 4.79 Å². The zero-order valence-electron chi connectivity index (χ0n) is 13.6. The van der Waals surface area contributed by atoms with Gasteiger partial charge >= 0.3 is 5.97 Å². The summed E-state index contributed by atoms with van der Waals surface area (Å²) in [5.41, 5.74) is 1.32. The lowest BCUT2D eigenvalue weighted by Crippen LogP contribution is -2.39. The SMILES string of the molecule is O=C(O)c1cccc(C2CCCN(C(=O)CCn3cccc3)C2)c1. The van der Waals surface area contributed by atoms with E-state index in [-0.39, 0.29) is 11.8 Å². The Balaban J connectivity index is 1.62. The molecule has 1 amide bonds. The third-order valence-corrected chi connectivity index (χ3v) is 4.63. The molecule has 5 nitrogen and oxygen atoms in total. The lowest BCUT2D eigenvalue weighted by atomic mass is 9.89. The molecule has 1 fully saturated rings. The molecule has 126 valence electrons. The third kappa shape index (κ3) is 3.85. The van der Waals surface area contributed by atoms with Crippen LogP contribution in [-0.4, -0.2) is 39.5 Å². The molecule has 0 bridgehead atoms. The normalized spacial score (nSPS) is 17.7. The van der Waals surface area contributed by atoms with Gasteiger partial charge in [0, 0.05) is 44.4 Å². The molecule has 2 aromatic rings. The van der Waals surface area contributed by atoms with E-state index < -0.39 is 5.97 Å². The second-order valence-corrected chi connectivity index (χ2v) is 6.28. The predicted molar refractivity (Wildman–Crippen MR) is 91.0 cm³/mol. The van der Waals surface area contributed by atoms with Crippen molar-refractivity contribution in [3.8, 4) is 0 Å². The molecule has 1 N–H and O–H groups in total. The molecule has 3 rings (SSSR count). The Bertz CT molecular complexity index is 709. The summed E-state index contributed by atoms with van der Waals surface area (Å²) in [4.78, 5) is 25.5. The minimum atomic E-state index is -0.910. The minimum absolute atomic E-state index is 0.169. The van der Waals surface area contributed by atoms with Gasteiger partial charge in [-0.1, -0.05) is 12.1 Å². The summed E-state index contributed by atoms with van der Waals surface area (Å²) >= 11 is 0. The van der Waals surface area contributed by atoms with Gasteiger partial charge in [0.1, 0.15) is 0 Å². The molecular weight excluding hydrogens is 304 g/mol. The van der Waals surface area contributed by atoms with Gasteiger partial charge in [-0.05, 0) is 42.7 Å². The second-order valence-electron chi connectivity index (χ2n) is 6.28. The number of carboxylic acids is 1. The number of likely N-dealkylation sites (tertiary alicyclic amines) is 1. The van der Waals surface area contributed by atoms with Gasteiger partial charge in [-0.25, -0.2) is 4.79 Å². The summed E-state index contributed by atoms with van der Waals surface area (Å²) in [6.45, 7) is 2.16. The van der Waals surface area contributed by atoms with E-state index in [1.54, 1.807) is 18.2 Å². The largest absolute Gasteiger partial charge is 0.478 e. The molecular formula is C19H22N2O3. The lowest BCUT2D eigenvalue weighted by Gasteiger charge is -2.33. The number of aryl methyl sites for hydroxylation is 1. The van der Waals surface area contributed by atoms with E-state index in [4.69, 9.17) is 5.11 Å². The maximum Gasteiger partial charge on any atom is 0.335 e. The van der Waals surface area contributed by atoms with Gasteiger partial charge in [0.25, 0.3) is 0 Å². The first-order valence-corrected chi connectivity index (χ1v) is 8.35. The molecule has 2 heterocycles. The zero-order valence-corrected chi connectivity index (χ0v) is 13.6. The summed E-state index contributed by atoms with van der Waals surface area (Å²) in [6.07, 6.45) is 6.37. The highest BCUT2D eigenvalue weighted by atomic mass is 16.4. The van der Waals surface area contributed by atoms with Crippen LogP contribution in [0.15, 0.2) is 48.8 Å². The number of rotatable bonds is 5. The van der Waals surface area contributed by atoms with Gasteiger partial charge in [0.05, 0.1) is 5.56 Å². The Morgan fingerprint density at radius 3 is 2.71 bits per heavy atom. The van der Waals surface area contributed by atoms with Crippen molar-refractivity contribution in [1.82, 2.24) is 9.47 Å². The maximum absolute atomic E-state index is 12.5. The number of carbonyl (C=O) groups excluding carboxylic acids is 1. The molecule has 5 heteroatoms. The van der Waals surface area contributed by atoms with Gasteiger partial charge in [0.15, 0.2) is 0 Å². The van der Waals surface area contributed by atoms with Crippen molar-refractivity contribution >= 4 is 11.9 Å². The number of carbonyl (C=O) groups is 2. The summed E-state index contributed by atoms with van der Waals surface area (Å²) in [7, 11) is 0. The highest BCUT2D eigenvalue weighted by Gasteiger charge is 2.25. The topological polar surface area (TPSA) is 62.5 Å². The van der Waals surface area contributed by atoms with E-state index in [1.807, 2.05) is 40.1 Å². The Hall–Kier alpha value is -2.56. The first-order chi connectivity index (χ1) is 11.6. The van der Waals surface area contributed by atoms with Gasteiger partial charge < -0.3 is 14.6 Å². The molecule has 1 aliphatic rings. The van der Waals surface area contributed by atoms with Crippen molar-refractivity contribution in [2.45, 2.75) is 31.7 Å². The molecule has 0 aliphatic carbocycles. The van der Waals surface area contributed by atoms with Crippen molar-refractivity contribution in [2.24, 2.45) is 0 Å². The number of piperidine rings is 1. The van der Waals surface area contributed by atoms with Crippen LogP contribution in [0.3, 0.4) is 0 Å². The molecule has 1 atom stereocenters. The van der Waals surface area contributed by atoms with Crippen LogP contribution in [0.5, 0.6) is 0 Å². The van der Waals surface area contributed by atoms with Crippen molar-refractivity contribution in [1.29, 1.82) is 0 Å². The standard InChI is InChI=1S/C19H22N2O3/c22-18(8-12-20-9-1-2-10-20)21-11-4-7-17(14-21)15-5-3-6-16(13-15)19(23)24/h1-3,5-6,9-10,13,17H,4,7-8,11-12,14H2,(H,23,24). The van der Waals surface area contributed by atoms with Crippen molar-refractivity contribution < 1.29 is 14.7 Å². The lowest BCUT2D eigenvalue weighted by molar-refractivity contribution is -0.132. The van der Waals surface area contributed by atoms with Crippen LogP contribution in [0, 0.1) is 0 Å². The molecule has 1 aromatic carbocycles. The first-order valence-electron chi connectivity index (χ1n) is 8.35. The number of aromatic carboxylic acids is 1. The fourth-order valence-electron chi connectivity index (χ4n) is 3.30. The monoisotopic (exact) mass is 326 g/mol. The van der Waals surface area contributed by atoms with E-state index in [2.05, 4.69) is 0 Å². The molecule has 0 spiro atoms. The minimum Gasteiger partial charge on any atom is -0.478 e. The van der Waals surface area contributed by atoms with Crippen molar-refractivity contribution in [2.75, 3.05) is 13.1 Å². The predicted octanol–water partition coefficient (Wildman–Crippen LogP) is 2.98. The molecule has 0 radical (unpaired) electrons. The van der Waals surface area contributed by atoms with E-state index >= 15 is 0 Å². The summed E-state index contributed by atoms with van der Waals surface area (Å²) in [5.74, 6) is -0.524. The maximum atomic E-state index is 12.5. The second kappa shape index (κ2) is 7.34. The molecule has 1 aromatic heterocycles. The fraction of sp³-hybridized carbons (Fsp3) is 0.368. The Labute approximate surface area is 141 Å². The molecule has 1 saturated heterocycles. The Morgan fingerprint density at radius 2 is 1.96 bits per heavy atom. The summed E-state index contributed by atoms with van der Waals surface area (Å²) < 4.78 is 2.01. The van der Waals surface area contributed by atoms with E-state index in [0.29, 0.717) is 25.1 Å². The van der Waals surface area contributed by atoms with Gasteiger partial charge in [0.2, 0.25) is 5.91 Å². The van der Waals surface area contributed by atoms with Crippen LogP contribution in [0.25, 0.3) is 0 Å². The molecule has 24 heavy (non-hydrogen) atoms. The number of nitrogens with zero attached hydrogens (tertiary/aromatic N) is 2. The first kappa shape index (κ1) is 16.3. The summed E-state index contributed by atoms with van der Waals surface area (Å²) in [6, 6.07) is 11.0. The van der Waals surface area contributed by atoms with Gasteiger partial charge in [-0.15, -0.1) is 0 Å². The number of hydrogen-bond donors (Lipinski definition) is 1. The smallest absolute Gasteiger partial charge is 0.335 e. The molecule has 1 unspecified atom stereocenters. The van der Waals surface area contributed by atoms with Crippen molar-refractivity contribution in [3.63, 3.8) is 0 Å². The van der Waals surface area contributed by atoms with Crippen LogP contribution in [0.2, 0.25) is 0 Å². The average Bonchev–Trinajstić information content (AvgIpc) is 3.13. The van der Waals surface area contributed by atoms with E-state index in [9.17, 15) is 9.59 Å². The van der Waals surface area contributed by atoms with Crippen LogP contribution in [0.4, 0.5) is 0 Å². The summed E-state index contributed by atoms with van der Waals surface area (Å²) in [5, 5.41) is 9.14. The van der Waals surface area contributed by atoms with Crippen LogP contribution in [0.1, 0.15) is 41.1 Å². The number of hydrogen-bond acceptors (Lipinski definition) is 2. The third-order valence-electron chi connectivity index (χ3n) is 4.63. The zero-order chi connectivity index (χ0) is 16.9.